The average Bonchev–Trinajstić information content (AvgIpc) is 2.94. The van der Waals surface area contributed by atoms with Gasteiger partial charge in [0, 0.05) is 11.3 Å². The number of halogens is 4. The molecule has 146 valence electrons. The summed E-state index contributed by atoms with van der Waals surface area (Å²) in [5, 5.41) is 5.71. The van der Waals surface area contributed by atoms with Gasteiger partial charge in [0.1, 0.15) is 18.0 Å². The third kappa shape index (κ3) is 4.83. The lowest BCUT2D eigenvalue weighted by Crippen LogP contribution is -2.34. The molecule has 1 amide bonds. The normalized spacial score (nSPS) is 11.4. The van der Waals surface area contributed by atoms with Crippen LogP contribution in [0, 0.1) is 19.7 Å². The van der Waals surface area contributed by atoms with Gasteiger partial charge in [-0.3, -0.25) is 4.79 Å². The molecule has 1 N–H and O–H groups in total. The Morgan fingerprint density at radius 2 is 1.89 bits per heavy atom. The van der Waals surface area contributed by atoms with Crippen LogP contribution in [0.3, 0.4) is 0 Å². The molecule has 2 rings (SSSR count). The van der Waals surface area contributed by atoms with Gasteiger partial charge < -0.3 is 10.1 Å². The van der Waals surface area contributed by atoms with Crippen molar-refractivity contribution >= 4 is 11.9 Å². The Bertz CT molecular complexity index is 875. The van der Waals surface area contributed by atoms with E-state index in [1.165, 1.54) is 13.0 Å². The van der Waals surface area contributed by atoms with Gasteiger partial charge in [0.2, 0.25) is 0 Å². The SMILES string of the molecule is CCOC(=O)c1cc(C)n(-c2cc(C(=O)NCC(F)(F)F)c(C)cc2F)n1. The lowest BCUT2D eigenvalue weighted by Gasteiger charge is -2.13. The predicted molar refractivity (Wildman–Crippen MR) is 87.3 cm³/mol. The molecular weight excluding hydrogens is 370 g/mol. The van der Waals surface area contributed by atoms with Crippen LogP contribution in [0.4, 0.5) is 17.6 Å². The van der Waals surface area contributed by atoms with E-state index in [1.54, 1.807) is 19.2 Å². The van der Waals surface area contributed by atoms with Crippen LogP contribution in [-0.4, -0.2) is 41.0 Å². The van der Waals surface area contributed by atoms with Crippen LogP contribution in [0.5, 0.6) is 0 Å². The Morgan fingerprint density at radius 1 is 1.22 bits per heavy atom. The first-order chi connectivity index (χ1) is 12.5. The maximum Gasteiger partial charge on any atom is 0.405 e. The van der Waals surface area contributed by atoms with E-state index in [9.17, 15) is 27.2 Å². The van der Waals surface area contributed by atoms with Gasteiger partial charge >= 0.3 is 12.1 Å². The Labute approximate surface area is 152 Å². The van der Waals surface area contributed by atoms with Crippen LogP contribution in [0.15, 0.2) is 18.2 Å². The number of carbonyl (C=O) groups excluding carboxylic acids is 2. The molecule has 0 aliphatic rings. The molecule has 1 aromatic carbocycles. The van der Waals surface area contributed by atoms with Crippen LogP contribution in [0.25, 0.3) is 5.69 Å². The standard InChI is InChI=1S/C17H17F4N3O3/c1-4-27-16(26)13-6-10(3)24(23-13)14-7-11(9(2)5-12(14)18)15(25)22-8-17(19,20)21/h5-7H,4,8H2,1-3H3,(H,22,25). The van der Waals surface area contributed by atoms with E-state index >= 15 is 0 Å². The number of nitrogens with one attached hydrogen (secondary N) is 1. The highest BCUT2D eigenvalue weighted by atomic mass is 19.4. The highest BCUT2D eigenvalue weighted by molar-refractivity contribution is 5.96. The zero-order valence-corrected chi connectivity index (χ0v) is 14.8. The summed E-state index contributed by atoms with van der Waals surface area (Å²) in [4.78, 5) is 23.8. The van der Waals surface area contributed by atoms with E-state index in [-0.39, 0.29) is 29.1 Å². The number of carbonyl (C=O) groups is 2. The minimum atomic E-state index is -4.57. The highest BCUT2D eigenvalue weighted by Crippen LogP contribution is 2.22. The van der Waals surface area contributed by atoms with E-state index in [0.29, 0.717) is 5.69 Å². The second-order valence-corrected chi connectivity index (χ2v) is 5.72. The first kappa shape index (κ1) is 20.4. The van der Waals surface area contributed by atoms with E-state index in [2.05, 4.69) is 5.10 Å². The van der Waals surface area contributed by atoms with Crippen molar-refractivity contribution in [3.05, 3.63) is 46.5 Å². The molecular formula is C17H17F4N3O3. The number of hydrogen-bond donors (Lipinski definition) is 1. The van der Waals surface area contributed by atoms with Gasteiger partial charge in [-0.1, -0.05) is 0 Å². The van der Waals surface area contributed by atoms with E-state index in [4.69, 9.17) is 4.74 Å². The molecule has 0 saturated heterocycles. The van der Waals surface area contributed by atoms with Crippen molar-refractivity contribution in [3.8, 4) is 5.69 Å². The molecule has 2 aromatic rings. The van der Waals surface area contributed by atoms with Gasteiger partial charge in [0.05, 0.1) is 6.61 Å². The number of rotatable bonds is 5. The first-order valence-electron chi connectivity index (χ1n) is 7.92. The molecule has 1 aromatic heterocycles. The molecule has 10 heteroatoms. The summed E-state index contributed by atoms with van der Waals surface area (Å²) in [5.41, 5.74) is 0.167. The highest BCUT2D eigenvalue weighted by Gasteiger charge is 2.28. The molecule has 0 radical (unpaired) electrons. The summed E-state index contributed by atoms with van der Waals surface area (Å²) >= 11 is 0. The number of amides is 1. The number of nitrogens with zero attached hydrogens (tertiary/aromatic N) is 2. The molecule has 0 spiro atoms. The topological polar surface area (TPSA) is 73.2 Å². The van der Waals surface area contributed by atoms with Crippen molar-refractivity contribution in [3.63, 3.8) is 0 Å². The van der Waals surface area contributed by atoms with Crippen molar-refractivity contribution < 1.29 is 31.9 Å². The number of aryl methyl sites for hydroxylation is 2. The number of hydrogen-bond acceptors (Lipinski definition) is 4. The molecule has 0 aliphatic heterocycles. The lowest BCUT2D eigenvalue weighted by atomic mass is 10.1. The maximum atomic E-state index is 14.4. The Kier molecular flexibility index (Phi) is 5.87. The zero-order valence-electron chi connectivity index (χ0n) is 14.8. The van der Waals surface area contributed by atoms with Gasteiger partial charge in [-0.05, 0) is 44.5 Å². The Balaban J connectivity index is 2.41. The smallest absolute Gasteiger partial charge is 0.405 e. The monoisotopic (exact) mass is 387 g/mol. The van der Waals surface area contributed by atoms with Crippen molar-refractivity contribution in [2.45, 2.75) is 26.9 Å². The van der Waals surface area contributed by atoms with Crippen LogP contribution >= 0.6 is 0 Å². The fourth-order valence-electron chi connectivity index (χ4n) is 2.37. The van der Waals surface area contributed by atoms with E-state index in [1.807, 2.05) is 0 Å². The van der Waals surface area contributed by atoms with Gasteiger partial charge in [0.25, 0.3) is 5.91 Å². The maximum absolute atomic E-state index is 14.4. The summed E-state index contributed by atoms with van der Waals surface area (Å²) in [6.45, 7) is 3.19. The van der Waals surface area contributed by atoms with Gasteiger partial charge in [0.15, 0.2) is 5.69 Å². The molecule has 0 bridgehead atoms. The number of aromatic nitrogens is 2. The third-order valence-corrected chi connectivity index (χ3v) is 3.59. The molecule has 0 saturated carbocycles. The zero-order chi connectivity index (χ0) is 20.4. The van der Waals surface area contributed by atoms with Crippen molar-refractivity contribution in [1.82, 2.24) is 15.1 Å². The van der Waals surface area contributed by atoms with Gasteiger partial charge in [-0.2, -0.15) is 18.3 Å². The van der Waals surface area contributed by atoms with Crippen LogP contribution < -0.4 is 5.32 Å². The van der Waals surface area contributed by atoms with Crippen LogP contribution in [-0.2, 0) is 4.74 Å². The number of alkyl halides is 3. The average molecular weight is 387 g/mol. The molecule has 0 aliphatic carbocycles. The number of benzene rings is 1. The Morgan fingerprint density at radius 3 is 2.48 bits per heavy atom. The summed E-state index contributed by atoms with van der Waals surface area (Å²) in [6.07, 6.45) is -4.57. The third-order valence-electron chi connectivity index (χ3n) is 3.59. The van der Waals surface area contributed by atoms with E-state index < -0.39 is 30.4 Å². The lowest BCUT2D eigenvalue weighted by molar-refractivity contribution is -0.123. The minimum Gasteiger partial charge on any atom is -0.461 e. The molecule has 0 fully saturated rings. The van der Waals surface area contributed by atoms with Crippen LogP contribution in [0.2, 0.25) is 0 Å². The summed E-state index contributed by atoms with van der Waals surface area (Å²) in [7, 11) is 0. The minimum absolute atomic E-state index is 0.0580. The van der Waals surface area contributed by atoms with Crippen molar-refractivity contribution in [2.75, 3.05) is 13.2 Å². The summed E-state index contributed by atoms with van der Waals surface area (Å²) < 4.78 is 57.2. The Hall–Kier alpha value is -2.91. The number of ether oxygens (including phenoxy) is 1. The second-order valence-electron chi connectivity index (χ2n) is 5.72. The summed E-state index contributed by atoms with van der Waals surface area (Å²) in [6, 6.07) is 3.48. The molecule has 0 unspecified atom stereocenters. The van der Waals surface area contributed by atoms with Crippen molar-refractivity contribution in [1.29, 1.82) is 0 Å². The fourth-order valence-corrected chi connectivity index (χ4v) is 2.37. The molecule has 27 heavy (non-hydrogen) atoms. The predicted octanol–water partition coefficient (Wildman–Crippen LogP) is 3.10. The van der Waals surface area contributed by atoms with Crippen molar-refractivity contribution in [2.24, 2.45) is 0 Å². The molecule has 6 nitrogen and oxygen atoms in total. The fraction of sp³-hybridized carbons (Fsp3) is 0.353. The second kappa shape index (κ2) is 7.77. The first-order valence-corrected chi connectivity index (χ1v) is 7.92. The van der Waals surface area contributed by atoms with E-state index in [0.717, 1.165) is 16.8 Å². The largest absolute Gasteiger partial charge is 0.461 e. The van der Waals surface area contributed by atoms with Gasteiger partial charge in [-0.25, -0.2) is 13.9 Å². The molecule has 1 heterocycles. The van der Waals surface area contributed by atoms with Crippen LogP contribution in [0.1, 0.15) is 39.0 Å². The molecule has 0 atom stereocenters. The quantitative estimate of drug-likeness (QED) is 0.632. The number of esters is 1. The van der Waals surface area contributed by atoms with Gasteiger partial charge in [-0.15, -0.1) is 0 Å². The summed E-state index contributed by atoms with van der Waals surface area (Å²) in [5.74, 6) is -2.45.